The van der Waals surface area contributed by atoms with E-state index in [1.54, 1.807) is 45.6 Å². The Morgan fingerprint density at radius 3 is 2.62 bits per heavy atom. The molecule has 0 bridgehead atoms. The lowest BCUT2D eigenvalue weighted by atomic mass is 9.89. The number of rotatable bonds is 6. The largest absolute Gasteiger partial charge is 0.391 e. The Morgan fingerprint density at radius 2 is 2.06 bits per heavy atom. The first-order valence-electron chi connectivity index (χ1n) is 11.4. The van der Waals surface area contributed by atoms with Gasteiger partial charge in [-0.2, -0.15) is 9.61 Å². The number of pyridine rings is 1. The van der Waals surface area contributed by atoms with Crippen molar-refractivity contribution >= 4 is 28.9 Å². The molecule has 182 valence electrons. The SMILES string of the molecule is CNc1cc(Nc2cccn(C)c2=O)nc2c(C(=O)NC3CCC3O)cnn12.COC1CCC1. The van der Waals surface area contributed by atoms with Gasteiger partial charge >= 0.3 is 0 Å². The monoisotopic (exact) mass is 469 g/mol. The van der Waals surface area contributed by atoms with Crippen LogP contribution in [0.25, 0.3) is 5.65 Å². The van der Waals surface area contributed by atoms with Crippen molar-refractivity contribution in [3.8, 4) is 0 Å². The van der Waals surface area contributed by atoms with E-state index in [1.165, 1.54) is 34.5 Å². The third kappa shape index (κ3) is 4.90. The highest BCUT2D eigenvalue weighted by Gasteiger charge is 2.31. The van der Waals surface area contributed by atoms with Gasteiger partial charge in [0.2, 0.25) is 0 Å². The van der Waals surface area contributed by atoms with E-state index in [4.69, 9.17) is 4.74 Å². The van der Waals surface area contributed by atoms with Gasteiger partial charge in [-0.1, -0.05) is 0 Å². The molecular weight excluding hydrogens is 438 g/mol. The van der Waals surface area contributed by atoms with Crippen molar-refractivity contribution in [2.45, 2.75) is 50.4 Å². The van der Waals surface area contributed by atoms with Gasteiger partial charge in [0, 0.05) is 33.5 Å². The molecule has 0 aromatic carbocycles. The summed E-state index contributed by atoms with van der Waals surface area (Å²) >= 11 is 0. The van der Waals surface area contributed by atoms with Crippen molar-refractivity contribution < 1.29 is 14.6 Å². The van der Waals surface area contributed by atoms with Crippen molar-refractivity contribution in [3.05, 3.63) is 46.5 Å². The molecule has 0 aliphatic heterocycles. The first kappa shape index (κ1) is 23.7. The minimum absolute atomic E-state index is 0.194. The molecule has 0 radical (unpaired) electrons. The van der Waals surface area contributed by atoms with E-state index in [2.05, 4.69) is 26.0 Å². The molecule has 3 aromatic rings. The van der Waals surface area contributed by atoms with Crippen LogP contribution >= 0.6 is 0 Å². The Bertz CT molecular complexity index is 1210. The Kier molecular flexibility index (Phi) is 7.13. The second-order valence-corrected chi connectivity index (χ2v) is 8.55. The second kappa shape index (κ2) is 10.2. The first-order chi connectivity index (χ1) is 16.4. The van der Waals surface area contributed by atoms with Crippen LogP contribution in [0.2, 0.25) is 0 Å². The second-order valence-electron chi connectivity index (χ2n) is 8.55. The molecule has 3 heterocycles. The molecule has 11 nitrogen and oxygen atoms in total. The fourth-order valence-corrected chi connectivity index (χ4v) is 3.70. The molecule has 2 aliphatic rings. The number of aromatic nitrogens is 4. The number of aliphatic hydroxyl groups is 1. The van der Waals surface area contributed by atoms with E-state index in [9.17, 15) is 14.7 Å². The summed E-state index contributed by atoms with van der Waals surface area (Å²) in [5, 5.41) is 22.8. The van der Waals surface area contributed by atoms with Gasteiger partial charge in [-0.3, -0.25) is 9.59 Å². The number of methoxy groups -OCH3 is 1. The number of fused-ring (bicyclic) bond motifs is 1. The quantitative estimate of drug-likeness (QED) is 0.428. The minimum atomic E-state index is -0.516. The van der Waals surface area contributed by atoms with E-state index in [-0.39, 0.29) is 17.5 Å². The number of aliphatic hydroxyl groups excluding tert-OH is 1. The lowest BCUT2D eigenvalue weighted by molar-refractivity contribution is 0.0412. The van der Waals surface area contributed by atoms with Gasteiger partial charge in [0.25, 0.3) is 11.5 Å². The molecule has 4 N–H and O–H groups in total. The first-order valence-corrected chi connectivity index (χ1v) is 11.4. The van der Waals surface area contributed by atoms with Crippen molar-refractivity contribution in [1.29, 1.82) is 0 Å². The number of hydrogen-bond donors (Lipinski definition) is 4. The van der Waals surface area contributed by atoms with Crippen LogP contribution in [0.5, 0.6) is 0 Å². The third-order valence-electron chi connectivity index (χ3n) is 6.30. The number of carbonyl (C=O) groups excluding carboxylic acids is 1. The summed E-state index contributed by atoms with van der Waals surface area (Å²) in [4.78, 5) is 29.4. The van der Waals surface area contributed by atoms with Crippen LogP contribution in [0.4, 0.5) is 17.3 Å². The molecule has 2 unspecified atom stereocenters. The molecule has 34 heavy (non-hydrogen) atoms. The average molecular weight is 470 g/mol. The van der Waals surface area contributed by atoms with Gasteiger partial charge in [0.05, 0.1) is 24.4 Å². The zero-order valence-electron chi connectivity index (χ0n) is 19.6. The lowest BCUT2D eigenvalue weighted by Gasteiger charge is -2.32. The zero-order valence-corrected chi connectivity index (χ0v) is 19.6. The summed E-state index contributed by atoms with van der Waals surface area (Å²) in [5.41, 5.74) is 0.807. The molecule has 11 heteroatoms. The number of hydrogen-bond acceptors (Lipinski definition) is 8. The summed E-state index contributed by atoms with van der Waals surface area (Å²) in [7, 11) is 5.17. The van der Waals surface area contributed by atoms with Crippen LogP contribution in [-0.4, -0.2) is 62.6 Å². The van der Waals surface area contributed by atoms with Crippen LogP contribution in [-0.2, 0) is 11.8 Å². The van der Waals surface area contributed by atoms with E-state index in [0.717, 1.165) is 6.42 Å². The Labute approximate surface area is 197 Å². The van der Waals surface area contributed by atoms with Gasteiger partial charge in [0.1, 0.15) is 22.9 Å². The van der Waals surface area contributed by atoms with E-state index in [1.807, 2.05) is 0 Å². The highest BCUT2D eigenvalue weighted by molar-refractivity contribution is 6.00. The normalized spacial score (nSPS) is 19.4. The molecule has 0 saturated heterocycles. The van der Waals surface area contributed by atoms with Gasteiger partial charge in [-0.25, -0.2) is 4.98 Å². The van der Waals surface area contributed by atoms with Crippen molar-refractivity contribution in [1.82, 2.24) is 24.5 Å². The van der Waals surface area contributed by atoms with Crippen molar-refractivity contribution in [3.63, 3.8) is 0 Å². The summed E-state index contributed by atoms with van der Waals surface area (Å²) in [6.45, 7) is 0. The molecule has 2 aliphatic carbocycles. The predicted molar refractivity (Wildman–Crippen MR) is 129 cm³/mol. The molecule has 2 fully saturated rings. The van der Waals surface area contributed by atoms with Crippen LogP contribution in [0.1, 0.15) is 42.5 Å². The lowest BCUT2D eigenvalue weighted by Crippen LogP contribution is -2.50. The Hall–Kier alpha value is -3.44. The molecule has 0 spiro atoms. The summed E-state index contributed by atoms with van der Waals surface area (Å²) in [6.07, 6.45) is 8.58. The van der Waals surface area contributed by atoms with E-state index < -0.39 is 6.10 Å². The summed E-state index contributed by atoms with van der Waals surface area (Å²) < 4.78 is 7.96. The maximum Gasteiger partial charge on any atom is 0.274 e. The number of aryl methyl sites for hydroxylation is 1. The van der Waals surface area contributed by atoms with Gasteiger partial charge in [-0.05, 0) is 44.2 Å². The number of anilines is 3. The highest BCUT2D eigenvalue weighted by Crippen LogP contribution is 2.23. The molecule has 5 rings (SSSR count). The molecule has 2 atom stereocenters. The number of nitrogens with zero attached hydrogens (tertiary/aromatic N) is 4. The molecule has 2 saturated carbocycles. The van der Waals surface area contributed by atoms with Crippen LogP contribution < -0.4 is 21.5 Å². The molecule has 3 aromatic heterocycles. The average Bonchev–Trinajstić information content (AvgIpc) is 3.22. The molecular formula is C23H31N7O4. The van der Waals surface area contributed by atoms with E-state index in [0.29, 0.717) is 41.1 Å². The number of ether oxygens (including phenoxy) is 1. The summed E-state index contributed by atoms with van der Waals surface area (Å²) in [6, 6.07) is 4.86. The number of amides is 1. The standard InChI is InChI=1S/C18H21N7O3.C5H10O/c1-19-15-8-14(21-12-4-3-7-24(2)18(12)28)23-16-10(9-20-25(15)16)17(27)22-11-5-6-13(11)26;1-6-5-3-2-4-5/h3-4,7-9,11,13,19,26H,5-6H2,1-2H3,(H,21,23)(H,22,27);5H,2-4H2,1H3. The van der Waals surface area contributed by atoms with E-state index >= 15 is 0 Å². The zero-order chi connectivity index (χ0) is 24.2. The van der Waals surface area contributed by atoms with Gasteiger partial charge < -0.3 is 30.4 Å². The maximum absolute atomic E-state index is 12.6. The van der Waals surface area contributed by atoms with Crippen molar-refractivity contribution in [2.24, 2.45) is 7.05 Å². The van der Waals surface area contributed by atoms with Crippen LogP contribution in [0.15, 0.2) is 35.4 Å². The number of nitrogens with one attached hydrogen (secondary N) is 3. The Balaban J connectivity index is 0.000000398. The highest BCUT2D eigenvalue weighted by atomic mass is 16.5. The molecule has 1 amide bonds. The van der Waals surface area contributed by atoms with Crippen molar-refractivity contribution in [2.75, 3.05) is 24.8 Å². The summed E-state index contributed by atoms with van der Waals surface area (Å²) in [5.74, 6) is 0.655. The maximum atomic E-state index is 12.6. The van der Waals surface area contributed by atoms with Crippen LogP contribution in [0, 0.1) is 0 Å². The minimum Gasteiger partial charge on any atom is -0.391 e. The number of carbonyl (C=O) groups is 1. The van der Waals surface area contributed by atoms with Crippen LogP contribution in [0.3, 0.4) is 0 Å². The van der Waals surface area contributed by atoms with Gasteiger partial charge in [0.15, 0.2) is 5.65 Å². The Morgan fingerprint density at radius 1 is 1.26 bits per heavy atom. The topological polar surface area (TPSA) is 135 Å². The predicted octanol–water partition coefficient (Wildman–Crippen LogP) is 1.65. The fourth-order valence-electron chi connectivity index (χ4n) is 3.70. The van der Waals surface area contributed by atoms with Gasteiger partial charge in [-0.15, -0.1) is 0 Å². The fraction of sp³-hybridized carbons (Fsp3) is 0.478. The smallest absolute Gasteiger partial charge is 0.274 e. The third-order valence-corrected chi connectivity index (χ3v) is 6.30.